The van der Waals surface area contributed by atoms with E-state index in [2.05, 4.69) is 6.07 Å². The topological polar surface area (TPSA) is 70.4 Å². The largest absolute Gasteiger partial charge is 0.425 e. The first-order chi connectivity index (χ1) is 14.0. The Morgan fingerprint density at radius 2 is 1.62 bits per heavy atom. The van der Waals surface area contributed by atoms with Gasteiger partial charge in [0.1, 0.15) is 5.75 Å². The number of carbonyl (C=O) groups is 1. The highest BCUT2D eigenvalue weighted by Gasteiger charge is 2.44. The van der Waals surface area contributed by atoms with Gasteiger partial charge < -0.3 is 4.52 Å². The van der Waals surface area contributed by atoms with E-state index >= 15 is 0 Å². The summed E-state index contributed by atoms with van der Waals surface area (Å²) >= 11 is 0. The Morgan fingerprint density at radius 3 is 2.28 bits per heavy atom. The molecule has 0 N–H and O–H groups in total. The first-order valence-corrected chi connectivity index (χ1v) is 10.6. The third-order valence-electron chi connectivity index (χ3n) is 4.61. The number of amides is 1. The number of hydrogen-bond acceptors (Lipinski definition) is 4. The van der Waals surface area contributed by atoms with Crippen LogP contribution in [0.25, 0.3) is 11.4 Å². The first-order valence-electron chi connectivity index (χ1n) is 9.00. The number of fused-ring (bicyclic) bond motifs is 1. The van der Waals surface area contributed by atoms with Gasteiger partial charge >= 0.3 is 7.52 Å². The van der Waals surface area contributed by atoms with Crippen LogP contribution >= 0.6 is 7.52 Å². The fraction of sp³-hybridized carbons (Fsp3) is 0.0435. The molecule has 5 nitrogen and oxygen atoms in total. The molecule has 3 aromatic carbocycles. The SMILES string of the molecule is CC(=O)N1c2ccccc2C=C(c2ccc(C#N)cc2)P1(=O)Oc1ccccc1. The molecule has 1 heterocycles. The van der Waals surface area contributed by atoms with Crippen LogP contribution in [0, 0.1) is 11.3 Å². The number of anilines is 1. The number of rotatable bonds is 3. The zero-order chi connectivity index (χ0) is 20.4. The van der Waals surface area contributed by atoms with E-state index in [9.17, 15) is 9.36 Å². The number of nitriles is 1. The number of nitrogens with zero attached hydrogens (tertiary/aromatic N) is 2. The van der Waals surface area contributed by atoms with Gasteiger partial charge in [-0.2, -0.15) is 5.26 Å². The van der Waals surface area contributed by atoms with Crippen LogP contribution < -0.4 is 9.19 Å². The summed E-state index contributed by atoms with van der Waals surface area (Å²) in [5.74, 6) is 0.0250. The molecule has 1 aliphatic rings. The number of para-hydroxylation sites is 2. The summed E-state index contributed by atoms with van der Waals surface area (Å²) in [6, 6.07) is 24.9. The van der Waals surface area contributed by atoms with E-state index in [1.807, 2.05) is 18.2 Å². The molecular weight excluding hydrogens is 383 g/mol. The van der Waals surface area contributed by atoms with Crippen LogP contribution in [0.3, 0.4) is 0 Å². The number of benzene rings is 3. The van der Waals surface area contributed by atoms with Gasteiger partial charge in [0.05, 0.1) is 22.6 Å². The third-order valence-corrected chi connectivity index (χ3v) is 7.08. The standard InChI is InChI=1S/C23H17N2O3P/c1-17(26)25-22-10-6-5-7-20(22)15-23(19-13-11-18(16-24)12-14-19)29(25,27)28-21-8-3-2-4-9-21/h2-15H,1H3. The molecule has 0 radical (unpaired) electrons. The van der Waals surface area contributed by atoms with Gasteiger partial charge in [-0.05, 0) is 47.5 Å². The summed E-state index contributed by atoms with van der Waals surface area (Å²) in [5, 5.41) is 9.49. The predicted octanol–water partition coefficient (Wildman–Crippen LogP) is 5.69. The van der Waals surface area contributed by atoms with Crippen molar-refractivity contribution in [3.8, 4) is 11.8 Å². The van der Waals surface area contributed by atoms with Crippen LogP contribution in [0.2, 0.25) is 0 Å². The molecule has 29 heavy (non-hydrogen) atoms. The van der Waals surface area contributed by atoms with Crippen LogP contribution in [-0.4, -0.2) is 5.91 Å². The number of carbonyl (C=O) groups excluding carboxylic acids is 1. The molecule has 3 aromatic rings. The van der Waals surface area contributed by atoms with Gasteiger partial charge in [-0.15, -0.1) is 0 Å². The summed E-state index contributed by atoms with van der Waals surface area (Å²) in [6.07, 6.45) is 1.79. The van der Waals surface area contributed by atoms with Crippen LogP contribution in [0.4, 0.5) is 5.69 Å². The molecule has 0 aromatic heterocycles. The monoisotopic (exact) mass is 400 g/mol. The lowest BCUT2D eigenvalue weighted by molar-refractivity contribution is -0.115. The predicted molar refractivity (Wildman–Crippen MR) is 113 cm³/mol. The molecule has 1 aliphatic heterocycles. The molecule has 0 saturated heterocycles. The molecule has 0 bridgehead atoms. The van der Waals surface area contributed by atoms with Crippen LogP contribution in [0.5, 0.6) is 5.75 Å². The van der Waals surface area contributed by atoms with Gasteiger partial charge in [0.25, 0.3) is 0 Å². The maximum atomic E-state index is 14.4. The Hall–Kier alpha value is -3.61. The van der Waals surface area contributed by atoms with E-state index in [1.165, 1.54) is 11.6 Å². The highest BCUT2D eigenvalue weighted by atomic mass is 31.2. The summed E-state index contributed by atoms with van der Waals surface area (Å²) in [5.41, 5.74) is 2.43. The normalized spacial score (nSPS) is 17.7. The Morgan fingerprint density at radius 1 is 0.966 bits per heavy atom. The van der Waals surface area contributed by atoms with Crippen molar-refractivity contribution in [2.75, 3.05) is 4.67 Å². The van der Waals surface area contributed by atoms with Crippen molar-refractivity contribution in [3.63, 3.8) is 0 Å². The molecule has 6 heteroatoms. The second-order valence-corrected chi connectivity index (χ2v) is 8.64. The van der Waals surface area contributed by atoms with Gasteiger partial charge in [0.15, 0.2) is 0 Å². The highest BCUT2D eigenvalue weighted by Crippen LogP contribution is 2.66. The smallest absolute Gasteiger partial charge is 0.381 e. The van der Waals surface area contributed by atoms with Crippen LogP contribution in [0.15, 0.2) is 78.9 Å². The molecule has 0 fully saturated rings. The van der Waals surface area contributed by atoms with E-state index in [0.29, 0.717) is 27.9 Å². The van der Waals surface area contributed by atoms with Crippen molar-refractivity contribution in [1.82, 2.24) is 0 Å². The van der Waals surface area contributed by atoms with Gasteiger partial charge in [0, 0.05) is 6.92 Å². The van der Waals surface area contributed by atoms with E-state index < -0.39 is 7.52 Å². The average molecular weight is 400 g/mol. The second-order valence-electron chi connectivity index (χ2n) is 6.53. The zero-order valence-corrected chi connectivity index (χ0v) is 16.5. The van der Waals surface area contributed by atoms with E-state index in [-0.39, 0.29) is 5.91 Å². The van der Waals surface area contributed by atoms with Crippen molar-refractivity contribution < 1.29 is 13.9 Å². The quantitative estimate of drug-likeness (QED) is 0.529. The summed E-state index contributed by atoms with van der Waals surface area (Å²) in [7, 11) is -3.83. The first kappa shape index (κ1) is 18.7. The van der Waals surface area contributed by atoms with E-state index in [1.54, 1.807) is 66.7 Å². The Kier molecular flexibility index (Phi) is 4.80. The molecule has 0 aliphatic carbocycles. The number of hydrogen-bond donors (Lipinski definition) is 0. The lowest BCUT2D eigenvalue weighted by Gasteiger charge is -2.36. The third kappa shape index (κ3) is 3.35. The summed E-state index contributed by atoms with van der Waals surface area (Å²) in [4.78, 5) is 12.6. The molecule has 1 unspecified atom stereocenters. The molecule has 1 atom stereocenters. The Balaban J connectivity index is 1.95. The van der Waals surface area contributed by atoms with Gasteiger partial charge in [0.2, 0.25) is 5.91 Å². The van der Waals surface area contributed by atoms with Crippen LogP contribution in [-0.2, 0) is 9.36 Å². The van der Waals surface area contributed by atoms with Crippen molar-refractivity contribution >= 4 is 30.5 Å². The van der Waals surface area contributed by atoms with Crippen molar-refractivity contribution in [3.05, 3.63) is 95.6 Å². The minimum Gasteiger partial charge on any atom is -0.425 e. The zero-order valence-electron chi connectivity index (χ0n) is 15.6. The van der Waals surface area contributed by atoms with Crippen LogP contribution in [0.1, 0.15) is 23.6 Å². The van der Waals surface area contributed by atoms with Gasteiger partial charge in [-0.25, -0.2) is 9.24 Å². The van der Waals surface area contributed by atoms with E-state index in [4.69, 9.17) is 9.79 Å². The molecule has 0 spiro atoms. The maximum Gasteiger partial charge on any atom is 0.381 e. The fourth-order valence-corrected chi connectivity index (χ4v) is 5.73. The fourth-order valence-electron chi connectivity index (χ4n) is 3.31. The molecular formula is C23H17N2O3P. The molecule has 0 saturated carbocycles. The molecule has 4 rings (SSSR count). The maximum absolute atomic E-state index is 14.4. The Bertz CT molecular complexity index is 1190. The average Bonchev–Trinajstić information content (AvgIpc) is 2.73. The van der Waals surface area contributed by atoms with Crippen molar-refractivity contribution in [2.24, 2.45) is 0 Å². The highest BCUT2D eigenvalue weighted by molar-refractivity contribution is 7.73. The lowest BCUT2D eigenvalue weighted by Crippen LogP contribution is -2.30. The minimum atomic E-state index is -3.83. The van der Waals surface area contributed by atoms with Crippen molar-refractivity contribution in [1.29, 1.82) is 5.26 Å². The van der Waals surface area contributed by atoms with Gasteiger partial charge in [-0.1, -0.05) is 48.5 Å². The minimum absolute atomic E-state index is 0.379. The van der Waals surface area contributed by atoms with Gasteiger partial charge in [-0.3, -0.25) is 4.79 Å². The van der Waals surface area contributed by atoms with E-state index in [0.717, 1.165) is 5.56 Å². The molecule has 1 amide bonds. The summed E-state index contributed by atoms with van der Waals surface area (Å²) < 4.78 is 21.7. The second kappa shape index (κ2) is 7.43. The van der Waals surface area contributed by atoms with Crippen molar-refractivity contribution in [2.45, 2.75) is 6.92 Å². The lowest BCUT2D eigenvalue weighted by atomic mass is 10.1. The Labute approximate surface area is 169 Å². The summed E-state index contributed by atoms with van der Waals surface area (Å²) in [6.45, 7) is 1.37. The molecule has 142 valence electrons.